The quantitative estimate of drug-likeness (QED) is 0.918. The molecular weight excluding hydrogens is 270 g/mol. The van der Waals surface area contributed by atoms with Crippen molar-refractivity contribution in [3.8, 4) is 0 Å². The Kier molecular flexibility index (Phi) is 4.57. The lowest BCUT2D eigenvalue weighted by atomic mass is 9.90. The Morgan fingerprint density at radius 2 is 2.19 bits per heavy atom. The first-order valence-electron chi connectivity index (χ1n) is 7.98. The van der Waals surface area contributed by atoms with Crippen LogP contribution in [0.2, 0.25) is 0 Å². The number of nitrogens with zero attached hydrogens (tertiary/aromatic N) is 2. The van der Waals surface area contributed by atoms with Gasteiger partial charge in [-0.05, 0) is 25.3 Å². The summed E-state index contributed by atoms with van der Waals surface area (Å²) in [5.41, 5.74) is -0.446. The molecule has 2 unspecified atom stereocenters. The Morgan fingerprint density at radius 3 is 2.90 bits per heavy atom. The van der Waals surface area contributed by atoms with Crippen molar-refractivity contribution in [3.05, 3.63) is 11.7 Å². The number of nitrogens with one attached hydrogen (secondary N) is 1. The van der Waals surface area contributed by atoms with Crippen LogP contribution in [0.1, 0.15) is 56.8 Å². The molecule has 118 valence electrons. The van der Waals surface area contributed by atoms with E-state index >= 15 is 0 Å². The number of aromatic nitrogens is 2. The largest absolute Gasteiger partial charge is 0.381 e. The Hall–Kier alpha value is -0.980. The van der Waals surface area contributed by atoms with E-state index in [0.717, 1.165) is 31.7 Å². The van der Waals surface area contributed by atoms with Crippen LogP contribution in [0, 0.1) is 5.92 Å². The summed E-state index contributed by atoms with van der Waals surface area (Å²) in [4.78, 5) is 4.65. The number of piperidine rings is 1. The SMILES string of the molecule is CCC1CCNC(c2nc(C3(OC)CCOCC3)no2)C1. The number of hydrogen-bond acceptors (Lipinski definition) is 6. The molecule has 0 aromatic carbocycles. The van der Waals surface area contributed by atoms with E-state index in [1.54, 1.807) is 7.11 Å². The molecule has 0 amide bonds. The fourth-order valence-electron chi connectivity index (χ4n) is 3.34. The van der Waals surface area contributed by atoms with E-state index in [0.29, 0.717) is 24.9 Å². The highest BCUT2D eigenvalue weighted by atomic mass is 16.5. The van der Waals surface area contributed by atoms with E-state index in [9.17, 15) is 0 Å². The lowest BCUT2D eigenvalue weighted by Crippen LogP contribution is -2.37. The molecule has 0 saturated carbocycles. The van der Waals surface area contributed by atoms with Gasteiger partial charge in [-0.2, -0.15) is 4.98 Å². The maximum absolute atomic E-state index is 5.72. The van der Waals surface area contributed by atoms with E-state index in [1.165, 1.54) is 12.8 Å². The zero-order valence-corrected chi connectivity index (χ0v) is 12.9. The molecule has 1 aromatic heterocycles. The minimum Gasteiger partial charge on any atom is -0.381 e. The van der Waals surface area contributed by atoms with E-state index < -0.39 is 5.60 Å². The third-order valence-electron chi connectivity index (χ3n) is 4.93. The van der Waals surface area contributed by atoms with Gasteiger partial charge in [0.15, 0.2) is 0 Å². The summed E-state index contributed by atoms with van der Waals surface area (Å²) in [6, 6.07) is 0.179. The minimum atomic E-state index is -0.446. The predicted octanol–water partition coefficient (Wildman–Crippen LogP) is 2.17. The summed E-state index contributed by atoms with van der Waals surface area (Å²) < 4.78 is 16.7. The summed E-state index contributed by atoms with van der Waals surface area (Å²) in [6.45, 7) is 4.62. The zero-order chi connectivity index (χ0) is 14.7. The molecule has 1 N–H and O–H groups in total. The Morgan fingerprint density at radius 1 is 1.38 bits per heavy atom. The van der Waals surface area contributed by atoms with Crippen molar-refractivity contribution in [1.29, 1.82) is 0 Å². The van der Waals surface area contributed by atoms with Crippen molar-refractivity contribution in [3.63, 3.8) is 0 Å². The third-order valence-corrected chi connectivity index (χ3v) is 4.93. The minimum absolute atomic E-state index is 0.179. The van der Waals surface area contributed by atoms with Crippen LogP contribution in [0.15, 0.2) is 4.52 Å². The standard InChI is InChI=1S/C15H25N3O3/c1-3-11-4-7-16-12(10-11)13-17-14(18-21-13)15(19-2)5-8-20-9-6-15/h11-12,16H,3-10H2,1-2H3. The molecule has 6 heteroatoms. The van der Waals surface area contributed by atoms with Gasteiger partial charge in [0.05, 0.1) is 6.04 Å². The van der Waals surface area contributed by atoms with Crippen molar-refractivity contribution in [2.24, 2.45) is 5.92 Å². The monoisotopic (exact) mass is 295 g/mol. The van der Waals surface area contributed by atoms with Crippen LogP contribution in [0.3, 0.4) is 0 Å². The fraction of sp³-hybridized carbons (Fsp3) is 0.867. The van der Waals surface area contributed by atoms with Crippen LogP contribution in [0.25, 0.3) is 0 Å². The molecular formula is C15H25N3O3. The normalized spacial score (nSPS) is 29.4. The molecule has 0 spiro atoms. The maximum atomic E-state index is 5.72. The van der Waals surface area contributed by atoms with Gasteiger partial charge in [-0.3, -0.25) is 0 Å². The molecule has 0 radical (unpaired) electrons. The molecule has 0 bridgehead atoms. The second-order valence-electron chi connectivity index (χ2n) is 6.07. The van der Waals surface area contributed by atoms with Gasteiger partial charge in [0.1, 0.15) is 5.60 Å². The first-order chi connectivity index (χ1) is 10.3. The van der Waals surface area contributed by atoms with Crippen LogP contribution in [-0.4, -0.2) is 37.0 Å². The number of ether oxygens (including phenoxy) is 2. The highest BCUT2D eigenvalue weighted by Crippen LogP contribution is 2.35. The molecule has 6 nitrogen and oxygen atoms in total. The first-order valence-corrected chi connectivity index (χ1v) is 7.98. The molecule has 1 aromatic rings. The highest BCUT2D eigenvalue weighted by Gasteiger charge is 2.40. The lowest BCUT2D eigenvalue weighted by Gasteiger charge is -2.32. The Balaban J connectivity index is 1.76. The third kappa shape index (κ3) is 2.98. The average Bonchev–Trinajstić information content (AvgIpc) is 3.06. The van der Waals surface area contributed by atoms with Crippen molar-refractivity contribution in [2.75, 3.05) is 26.9 Å². The summed E-state index contributed by atoms with van der Waals surface area (Å²) in [5, 5.41) is 7.69. The summed E-state index contributed by atoms with van der Waals surface area (Å²) >= 11 is 0. The molecule has 21 heavy (non-hydrogen) atoms. The first kappa shape index (κ1) is 14.9. The van der Waals surface area contributed by atoms with E-state index in [4.69, 9.17) is 14.0 Å². The molecule has 2 fully saturated rings. The van der Waals surface area contributed by atoms with Gasteiger partial charge in [0.25, 0.3) is 0 Å². The highest BCUT2D eigenvalue weighted by molar-refractivity contribution is 5.05. The molecule has 2 aliphatic heterocycles. The van der Waals surface area contributed by atoms with Crippen molar-refractivity contribution < 1.29 is 14.0 Å². The van der Waals surface area contributed by atoms with Gasteiger partial charge in [0, 0.05) is 33.2 Å². The Bertz CT molecular complexity index is 457. The van der Waals surface area contributed by atoms with Crippen LogP contribution < -0.4 is 5.32 Å². The number of rotatable bonds is 4. The zero-order valence-electron chi connectivity index (χ0n) is 12.9. The van der Waals surface area contributed by atoms with Crippen LogP contribution in [0.5, 0.6) is 0 Å². The maximum Gasteiger partial charge on any atom is 0.243 e. The number of hydrogen-bond donors (Lipinski definition) is 1. The van der Waals surface area contributed by atoms with Gasteiger partial charge in [0.2, 0.25) is 11.7 Å². The van der Waals surface area contributed by atoms with Gasteiger partial charge >= 0.3 is 0 Å². The van der Waals surface area contributed by atoms with Gasteiger partial charge in [-0.15, -0.1) is 0 Å². The molecule has 3 heterocycles. The van der Waals surface area contributed by atoms with Gasteiger partial charge < -0.3 is 19.3 Å². The predicted molar refractivity (Wildman–Crippen MR) is 76.8 cm³/mol. The topological polar surface area (TPSA) is 69.4 Å². The molecule has 2 saturated heterocycles. The van der Waals surface area contributed by atoms with Gasteiger partial charge in [-0.25, -0.2) is 0 Å². The fourth-order valence-corrected chi connectivity index (χ4v) is 3.34. The van der Waals surface area contributed by atoms with Crippen molar-refractivity contribution >= 4 is 0 Å². The van der Waals surface area contributed by atoms with Crippen LogP contribution >= 0.6 is 0 Å². The van der Waals surface area contributed by atoms with E-state index in [-0.39, 0.29) is 6.04 Å². The molecule has 2 atom stereocenters. The number of methoxy groups -OCH3 is 1. The van der Waals surface area contributed by atoms with Crippen LogP contribution in [-0.2, 0) is 15.1 Å². The second kappa shape index (κ2) is 6.42. The smallest absolute Gasteiger partial charge is 0.243 e. The van der Waals surface area contributed by atoms with Crippen molar-refractivity contribution in [2.45, 2.75) is 50.7 Å². The van der Waals surface area contributed by atoms with Crippen molar-refractivity contribution in [1.82, 2.24) is 15.5 Å². The second-order valence-corrected chi connectivity index (χ2v) is 6.07. The lowest BCUT2D eigenvalue weighted by molar-refractivity contribution is -0.101. The van der Waals surface area contributed by atoms with E-state index in [1.807, 2.05) is 0 Å². The van der Waals surface area contributed by atoms with Crippen LogP contribution in [0.4, 0.5) is 0 Å². The molecule has 2 aliphatic rings. The molecule has 0 aliphatic carbocycles. The molecule has 3 rings (SSSR count). The Labute approximate surface area is 125 Å². The summed E-state index contributed by atoms with van der Waals surface area (Å²) in [5.74, 6) is 2.11. The average molecular weight is 295 g/mol. The van der Waals surface area contributed by atoms with Gasteiger partial charge in [-0.1, -0.05) is 18.5 Å². The summed E-state index contributed by atoms with van der Waals surface area (Å²) in [6.07, 6.45) is 5.06. The summed E-state index contributed by atoms with van der Waals surface area (Å²) in [7, 11) is 1.72. The van der Waals surface area contributed by atoms with E-state index in [2.05, 4.69) is 22.4 Å².